The van der Waals surface area contributed by atoms with E-state index < -0.39 is 42.3 Å². The van der Waals surface area contributed by atoms with Crippen molar-refractivity contribution >= 4 is 70.6 Å². The van der Waals surface area contributed by atoms with Crippen LogP contribution in [0.15, 0.2) is 142 Å². The molecule has 5 aromatic rings. The SMILES string of the molecule is Nc1ccc(N=NC2(N=Nc3ccc(N)c4ccccc34)C=CC(C=Cc3ccccc3)C(S(=O)(=O)O)(S(=O)(=O)O)C2)c2ccccc12. The zero-order valence-electron chi connectivity index (χ0n) is 25.2. The lowest BCUT2D eigenvalue weighted by molar-refractivity contribution is 0.334. The lowest BCUT2D eigenvalue weighted by Crippen LogP contribution is -2.56. The van der Waals surface area contributed by atoms with Crippen LogP contribution in [0.25, 0.3) is 27.6 Å². The number of hydrogen-bond acceptors (Lipinski definition) is 10. The van der Waals surface area contributed by atoms with E-state index in [9.17, 15) is 25.9 Å². The fraction of sp³-hybridized carbons (Fsp3) is 0.118. The molecule has 0 aromatic heterocycles. The molecule has 0 radical (unpaired) electrons. The topological polar surface area (TPSA) is 210 Å². The van der Waals surface area contributed by atoms with Gasteiger partial charge in [-0.2, -0.15) is 37.3 Å². The van der Waals surface area contributed by atoms with Crippen LogP contribution in [-0.4, -0.2) is 35.7 Å². The van der Waals surface area contributed by atoms with Gasteiger partial charge in [0, 0.05) is 45.3 Å². The summed E-state index contributed by atoms with van der Waals surface area (Å²) in [6.07, 6.45) is 4.23. The Labute approximate surface area is 276 Å². The molecular weight excluding hydrogens is 653 g/mol. The minimum Gasteiger partial charge on any atom is -0.398 e. The van der Waals surface area contributed by atoms with E-state index in [0.717, 1.165) is 0 Å². The first-order valence-electron chi connectivity index (χ1n) is 14.6. The summed E-state index contributed by atoms with van der Waals surface area (Å²) in [6, 6.07) is 29.3. The van der Waals surface area contributed by atoms with Crippen LogP contribution < -0.4 is 11.5 Å². The van der Waals surface area contributed by atoms with E-state index in [-0.39, 0.29) is 0 Å². The molecule has 0 spiro atoms. The summed E-state index contributed by atoms with van der Waals surface area (Å²) >= 11 is 0. The largest absolute Gasteiger partial charge is 0.398 e. The molecule has 1 atom stereocenters. The average molecular weight is 683 g/mol. The third-order valence-corrected chi connectivity index (χ3v) is 12.1. The van der Waals surface area contributed by atoms with Gasteiger partial charge in [-0.3, -0.25) is 9.11 Å². The van der Waals surface area contributed by atoms with Crippen molar-refractivity contribution in [3.8, 4) is 0 Å². The van der Waals surface area contributed by atoms with Crippen molar-refractivity contribution in [2.75, 3.05) is 11.5 Å². The highest BCUT2D eigenvalue weighted by Crippen LogP contribution is 2.48. The number of azo groups is 2. The third-order valence-electron chi connectivity index (χ3n) is 8.29. The van der Waals surface area contributed by atoms with Gasteiger partial charge in [-0.15, -0.1) is 0 Å². The molecule has 244 valence electrons. The Bertz CT molecular complexity index is 2250. The summed E-state index contributed by atoms with van der Waals surface area (Å²) < 4.78 is 70.9. The van der Waals surface area contributed by atoms with Crippen molar-refractivity contribution in [3.05, 3.63) is 127 Å². The van der Waals surface area contributed by atoms with E-state index in [1.165, 1.54) is 24.3 Å². The highest BCUT2D eigenvalue weighted by atomic mass is 32.3. The van der Waals surface area contributed by atoms with Gasteiger partial charge < -0.3 is 11.5 Å². The normalized spacial score (nSPS) is 20.0. The van der Waals surface area contributed by atoms with Crippen LogP contribution in [0.5, 0.6) is 0 Å². The van der Waals surface area contributed by atoms with E-state index in [0.29, 0.717) is 49.9 Å². The van der Waals surface area contributed by atoms with Gasteiger partial charge in [0.15, 0.2) is 0 Å². The van der Waals surface area contributed by atoms with E-state index >= 15 is 0 Å². The molecule has 14 heteroatoms. The fourth-order valence-corrected chi connectivity index (χ4v) is 8.68. The van der Waals surface area contributed by atoms with Crippen LogP contribution >= 0.6 is 0 Å². The second kappa shape index (κ2) is 12.4. The van der Waals surface area contributed by atoms with Crippen LogP contribution in [-0.2, 0) is 20.2 Å². The van der Waals surface area contributed by atoms with E-state index in [2.05, 4.69) is 20.5 Å². The molecule has 12 nitrogen and oxygen atoms in total. The van der Waals surface area contributed by atoms with Crippen molar-refractivity contribution in [1.82, 2.24) is 0 Å². The number of nitrogens with zero attached hydrogens (tertiary/aromatic N) is 4. The molecule has 0 bridgehead atoms. The first-order chi connectivity index (χ1) is 22.8. The molecule has 1 unspecified atom stereocenters. The standard InChI is InChI=1S/C34H30N6O6S2/c35-29-16-18-31(27-12-6-4-10-25(27)29)37-39-33(40-38-32-19-17-30(36)26-11-5-7-13-28(26)32)21-20-24(15-14-23-8-2-1-3-9-23)34(22-33,47(41,42)43)48(44,45)46/h1-21,24H,22,35-36H2,(H,41,42,43)(H,44,45,46). The molecule has 1 aliphatic rings. The molecule has 48 heavy (non-hydrogen) atoms. The number of nitrogens with two attached hydrogens (primary N) is 2. The molecule has 0 saturated carbocycles. The summed E-state index contributed by atoms with van der Waals surface area (Å²) in [4.78, 5) is 0. The Morgan fingerprint density at radius 1 is 0.646 bits per heavy atom. The fourth-order valence-electron chi connectivity index (χ4n) is 5.82. The second-order valence-electron chi connectivity index (χ2n) is 11.3. The van der Waals surface area contributed by atoms with Crippen LogP contribution in [0.4, 0.5) is 22.7 Å². The molecule has 0 saturated heterocycles. The molecule has 6 N–H and O–H groups in total. The number of rotatable bonds is 8. The molecule has 0 aliphatic heterocycles. The zero-order chi connectivity index (χ0) is 34.2. The predicted octanol–water partition coefficient (Wildman–Crippen LogP) is 7.48. The number of nitrogen functional groups attached to an aromatic ring is 2. The molecule has 0 fully saturated rings. The van der Waals surface area contributed by atoms with Gasteiger partial charge in [-0.05, 0) is 35.9 Å². The first-order valence-corrected chi connectivity index (χ1v) is 17.5. The Hall–Kier alpha value is -5.28. The van der Waals surface area contributed by atoms with E-state index in [1.54, 1.807) is 103 Å². The molecule has 1 aliphatic carbocycles. The number of fused-ring (bicyclic) bond motifs is 2. The summed E-state index contributed by atoms with van der Waals surface area (Å²) in [5, 5.41) is 20.1. The molecular formula is C34H30N6O6S2. The lowest BCUT2D eigenvalue weighted by Gasteiger charge is -2.39. The molecule has 6 rings (SSSR count). The van der Waals surface area contributed by atoms with Crippen LogP contribution in [0, 0.1) is 5.92 Å². The maximum atomic E-state index is 13.2. The van der Waals surface area contributed by atoms with Crippen LogP contribution in [0.1, 0.15) is 12.0 Å². The van der Waals surface area contributed by atoms with Crippen molar-refractivity contribution in [2.45, 2.75) is 16.2 Å². The quantitative estimate of drug-likeness (QED) is 0.0556. The number of anilines is 2. The van der Waals surface area contributed by atoms with E-state index in [1.807, 2.05) is 0 Å². The summed E-state index contributed by atoms with van der Waals surface area (Å²) in [5.41, 5.74) is 12.4. The van der Waals surface area contributed by atoms with Crippen LogP contribution in [0.2, 0.25) is 0 Å². The highest BCUT2D eigenvalue weighted by Gasteiger charge is 2.64. The number of allylic oxidation sites excluding steroid dienone is 2. The van der Waals surface area contributed by atoms with Crippen LogP contribution in [0.3, 0.4) is 0 Å². The molecule has 0 amide bonds. The molecule has 5 aromatic carbocycles. The monoisotopic (exact) mass is 682 g/mol. The van der Waals surface area contributed by atoms with Gasteiger partial charge in [0.1, 0.15) is 0 Å². The first kappa shape index (κ1) is 32.7. The third kappa shape index (κ3) is 5.97. The lowest BCUT2D eigenvalue weighted by atomic mass is 9.87. The average Bonchev–Trinajstić information content (AvgIpc) is 3.07. The van der Waals surface area contributed by atoms with Crippen molar-refractivity contribution < 1.29 is 25.9 Å². The minimum atomic E-state index is -5.59. The summed E-state index contributed by atoms with van der Waals surface area (Å²) in [7, 11) is -11.2. The maximum absolute atomic E-state index is 13.2. The second-order valence-corrected chi connectivity index (χ2v) is 14.9. The van der Waals surface area contributed by atoms with Gasteiger partial charge in [0.05, 0.1) is 11.4 Å². The predicted molar refractivity (Wildman–Crippen MR) is 187 cm³/mol. The Morgan fingerprint density at radius 3 is 1.58 bits per heavy atom. The van der Waals surface area contributed by atoms with Gasteiger partial charge in [-0.25, -0.2) is 0 Å². The summed E-state index contributed by atoms with van der Waals surface area (Å²) in [5.74, 6) is -1.57. The maximum Gasteiger partial charge on any atom is 0.288 e. The Balaban J connectivity index is 1.58. The number of benzene rings is 5. The zero-order valence-corrected chi connectivity index (χ0v) is 26.8. The number of hydrogen-bond donors (Lipinski definition) is 4. The van der Waals surface area contributed by atoms with E-state index in [4.69, 9.17) is 11.5 Å². The Morgan fingerprint density at radius 2 is 1.10 bits per heavy atom. The van der Waals surface area contributed by atoms with Gasteiger partial charge >= 0.3 is 0 Å². The summed E-state index contributed by atoms with van der Waals surface area (Å²) in [6.45, 7) is 0. The van der Waals surface area contributed by atoms with Gasteiger partial charge in [0.25, 0.3) is 20.2 Å². The van der Waals surface area contributed by atoms with Gasteiger partial charge in [0.2, 0.25) is 9.74 Å². The highest BCUT2D eigenvalue weighted by molar-refractivity contribution is 8.05. The van der Waals surface area contributed by atoms with Crippen molar-refractivity contribution in [1.29, 1.82) is 0 Å². The van der Waals surface area contributed by atoms with Gasteiger partial charge in [-0.1, -0.05) is 97.1 Å². The minimum absolute atomic E-state index is 0.316. The Kier molecular flexibility index (Phi) is 8.43. The smallest absolute Gasteiger partial charge is 0.288 e. The molecule has 0 heterocycles. The van der Waals surface area contributed by atoms with Crippen molar-refractivity contribution in [2.24, 2.45) is 26.4 Å². The van der Waals surface area contributed by atoms with Crippen molar-refractivity contribution in [3.63, 3.8) is 0 Å².